The molecule has 0 saturated heterocycles. The second-order valence-corrected chi connectivity index (χ2v) is 9.52. The number of fused-ring (bicyclic) bond motifs is 3. The van der Waals surface area contributed by atoms with E-state index in [-0.39, 0.29) is 4.90 Å². The van der Waals surface area contributed by atoms with Crippen molar-refractivity contribution in [3.63, 3.8) is 0 Å². The second kappa shape index (κ2) is 5.97. The molecule has 3 aromatic carbocycles. The van der Waals surface area contributed by atoms with Crippen LogP contribution < -0.4 is 0 Å². The molecular formula is C19H13Br2NO2S. The molecule has 0 atom stereocenters. The third-order valence-corrected chi connectivity index (χ3v) is 6.93. The van der Waals surface area contributed by atoms with E-state index in [2.05, 4.69) is 31.9 Å². The highest BCUT2D eigenvalue weighted by molar-refractivity contribution is 9.10. The fourth-order valence-corrected chi connectivity index (χ4v) is 5.26. The van der Waals surface area contributed by atoms with Crippen molar-refractivity contribution < 1.29 is 8.42 Å². The normalized spacial score (nSPS) is 12.1. The van der Waals surface area contributed by atoms with E-state index < -0.39 is 10.0 Å². The Balaban J connectivity index is 2.14. The van der Waals surface area contributed by atoms with Gasteiger partial charge in [-0.05, 0) is 55.5 Å². The lowest BCUT2D eigenvalue weighted by atomic mass is 10.2. The number of rotatable bonds is 2. The van der Waals surface area contributed by atoms with Crippen LogP contribution in [0.4, 0.5) is 0 Å². The van der Waals surface area contributed by atoms with E-state index in [9.17, 15) is 8.42 Å². The monoisotopic (exact) mass is 477 g/mol. The first-order chi connectivity index (χ1) is 11.9. The number of nitrogens with zero attached hydrogens (tertiary/aromatic N) is 1. The Hall–Kier alpha value is -1.63. The van der Waals surface area contributed by atoms with Crippen LogP contribution in [0.2, 0.25) is 0 Å². The molecule has 4 aromatic rings. The van der Waals surface area contributed by atoms with Crippen LogP contribution in [0.3, 0.4) is 0 Å². The van der Waals surface area contributed by atoms with Gasteiger partial charge in [-0.1, -0.05) is 49.6 Å². The SMILES string of the molecule is Cc1ccc(S(=O)(=O)n2c3ccc(Br)cc3c3cc(Br)ccc32)cc1. The molecule has 0 bridgehead atoms. The molecule has 0 unspecified atom stereocenters. The van der Waals surface area contributed by atoms with E-state index in [4.69, 9.17) is 0 Å². The summed E-state index contributed by atoms with van der Waals surface area (Å²) in [4.78, 5) is 0.280. The van der Waals surface area contributed by atoms with Crippen molar-refractivity contribution in [2.24, 2.45) is 0 Å². The molecule has 6 heteroatoms. The minimum atomic E-state index is -3.71. The van der Waals surface area contributed by atoms with Gasteiger partial charge in [-0.15, -0.1) is 0 Å². The molecule has 0 spiro atoms. The van der Waals surface area contributed by atoms with E-state index in [1.165, 1.54) is 3.97 Å². The van der Waals surface area contributed by atoms with E-state index in [1.807, 2.05) is 55.5 Å². The van der Waals surface area contributed by atoms with Gasteiger partial charge in [0.05, 0.1) is 15.9 Å². The summed E-state index contributed by atoms with van der Waals surface area (Å²) in [5, 5.41) is 1.78. The fraction of sp³-hybridized carbons (Fsp3) is 0.0526. The van der Waals surface area contributed by atoms with E-state index in [0.29, 0.717) is 11.0 Å². The number of aromatic nitrogens is 1. The summed E-state index contributed by atoms with van der Waals surface area (Å²) in [6, 6.07) is 18.2. The average Bonchev–Trinajstić information content (AvgIpc) is 2.89. The summed E-state index contributed by atoms with van der Waals surface area (Å²) >= 11 is 6.96. The van der Waals surface area contributed by atoms with Gasteiger partial charge in [0.2, 0.25) is 0 Å². The van der Waals surface area contributed by atoms with Gasteiger partial charge in [-0.2, -0.15) is 0 Å². The van der Waals surface area contributed by atoms with Crippen molar-refractivity contribution in [2.75, 3.05) is 0 Å². The lowest BCUT2D eigenvalue weighted by molar-refractivity contribution is 0.590. The van der Waals surface area contributed by atoms with Crippen molar-refractivity contribution >= 4 is 63.7 Å². The van der Waals surface area contributed by atoms with Gasteiger partial charge in [0.15, 0.2) is 0 Å². The van der Waals surface area contributed by atoms with E-state index >= 15 is 0 Å². The van der Waals surface area contributed by atoms with Gasteiger partial charge in [-0.3, -0.25) is 0 Å². The van der Waals surface area contributed by atoms with Gasteiger partial charge < -0.3 is 0 Å². The third-order valence-electron chi connectivity index (χ3n) is 4.20. The maximum Gasteiger partial charge on any atom is 0.268 e. The molecule has 0 fully saturated rings. The highest BCUT2D eigenvalue weighted by atomic mass is 79.9. The standard InChI is InChI=1S/C19H13Br2NO2S/c1-12-2-6-15(7-3-12)25(23,24)22-18-8-4-13(20)10-16(18)17-11-14(21)5-9-19(17)22/h2-11H,1H3. The lowest BCUT2D eigenvalue weighted by Crippen LogP contribution is -2.12. The van der Waals surface area contributed by atoms with Crippen LogP contribution in [0.25, 0.3) is 21.8 Å². The molecule has 126 valence electrons. The zero-order valence-electron chi connectivity index (χ0n) is 13.2. The summed E-state index contributed by atoms with van der Waals surface area (Å²) in [7, 11) is -3.71. The van der Waals surface area contributed by atoms with Crippen LogP contribution in [-0.2, 0) is 10.0 Å². The molecule has 25 heavy (non-hydrogen) atoms. The Morgan fingerprint density at radius 3 is 1.72 bits per heavy atom. The highest BCUT2D eigenvalue weighted by Gasteiger charge is 2.23. The predicted molar refractivity (Wildman–Crippen MR) is 109 cm³/mol. The molecule has 0 N–H and O–H groups in total. The first-order valence-electron chi connectivity index (χ1n) is 7.59. The van der Waals surface area contributed by atoms with E-state index in [0.717, 1.165) is 25.3 Å². The minimum absolute atomic E-state index is 0.280. The van der Waals surface area contributed by atoms with Crippen molar-refractivity contribution in [1.82, 2.24) is 3.97 Å². The zero-order chi connectivity index (χ0) is 17.8. The smallest absolute Gasteiger partial charge is 0.233 e. The summed E-state index contributed by atoms with van der Waals surface area (Å²) in [6.45, 7) is 1.94. The van der Waals surface area contributed by atoms with Crippen LogP contribution >= 0.6 is 31.9 Å². The van der Waals surface area contributed by atoms with Crippen molar-refractivity contribution in [3.05, 3.63) is 75.2 Å². The molecule has 1 aromatic heterocycles. The Morgan fingerprint density at radius 2 is 1.24 bits per heavy atom. The molecule has 0 radical (unpaired) electrons. The number of benzene rings is 3. The Kier molecular flexibility index (Phi) is 4.02. The minimum Gasteiger partial charge on any atom is -0.233 e. The Bertz CT molecular complexity index is 1170. The molecule has 4 rings (SSSR count). The predicted octanol–water partition coefficient (Wildman–Crippen LogP) is 5.86. The largest absolute Gasteiger partial charge is 0.268 e. The molecular weight excluding hydrogens is 466 g/mol. The number of aryl methyl sites for hydroxylation is 1. The van der Waals surface area contributed by atoms with Gasteiger partial charge >= 0.3 is 0 Å². The van der Waals surface area contributed by atoms with Crippen LogP contribution in [0, 0.1) is 6.92 Å². The first kappa shape index (κ1) is 16.8. The van der Waals surface area contributed by atoms with Crippen molar-refractivity contribution in [2.45, 2.75) is 11.8 Å². The second-order valence-electron chi connectivity index (χ2n) is 5.91. The number of hydrogen-bond donors (Lipinski definition) is 0. The van der Waals surface area contributed by atoms with Crippen LogP contribution in [0.1, 0.15) is 5.56 Å². The molecule has 1 heterocycles. The fourth-order valence-electron chi connectivity index (χ4n) is 3.01. The quantitative estimate of drug-likeness (QED) is 0.361. The zero-order valence-corrected chi connectivity index (χ0v) is 17.2. The van der Waals surface area contributed by atoms with Gasteiger partial charge in [-0.25, -0.2) is 12.4 Å². The number of hydrogen-bond acceptors (Lipinski definition) is 2. The Morgan fingerprint density at radius 1 is 0.760 bits per heavy atom. The van der Waals surface area contributed by atoms with Crippen molar-refractivity contribution in [3.8, 4) is 0 Å². The molecule has 0 amide bonds. The maximum absolute atomic E-state index is 13.3. The summed E-state index contributed by atoms with van der Waals surface area (Å²) in [5.74, 6) is 0. The van der Waals surface area contributed by atoms with Crippen LogP contribution in [0.15, 0.2) is 74.5 Å². The summed E-state index contributed by atoms with van der Waals surface area (Å²) in [5.41, 5.74) is 2.35. The van der Waals surface area contributed by atoms with Gasteiger partial charge in [0, 0.05) is 19.7 Å². The average molecular weight is 479 g/mol. The van der Waals surface area contributed by atoms with E-state index in [1.54, 1.807) is 12.1 Å². The number of halogens is 2. The Labute approximate surface area is 162 Å². The third kappa shape index (κ3) is 2.72. The van der Waals surface area contributed by atoms with Crippen LogP contribution in [0.5, 0.6) is 0 Å². The first-order valence-corrected chi connectivity index (χ1v) is 10.6. The molecule has 0 saturated carbocycles. The summed E-state index contributed by atoms with van der Waals surface area (Å²) in [6.07, 6.45) is 0. The van der Waals surface area contributed by atoms with Gasteiger partial charge in [0.25, 0.3) is 10.0 Å². The molecule has 3 nitrogen and oxygen atoms in total. The van der Waals surface area contributed by atoms with Crippen LogP contribution in [-0.4, -0.2) is 12.4 Å². The summed E-state index contributed by atoms with van der Waals surface area (Å²) < 4.78 is 29.9. The van der Waals surface area contributed by atoms with Crippen molar-refractivity contribution in [1.29, 1.82) is 0 Å². The lowest BCUT2D eigenvalue weighted by Gasteiger charge is -2.09. The maximum atomic E-state index is 13.3. The topological polar surface area (TPSA) is 39.1 Å². The molecule has 0 aliphatic rings. The molecule has 0 aliphatic carbocycles. The van der Waals surface area contributed by atoms with Gasteiger partial charge in [0.1, 0.15) is 0 Å². The molecule has 0 aliphatic heterocycles. The highest BCUT2D eigenvalue weighted by Crippen LogP contribution is 2.35.